The molecule has 0 aliphatic heterocycles. The Bertz CT molecular complexity index is 57.0. The fraction of sp³-hybridized carbons (Fsp3) is 1.00. The van der Waals surface area contributed by atoms with E-state index in [0.29, 0.717) is 0 Å². The molecule has 0 N–H and O–H groups in total. The molecular formula is C8H21KN+. The monoisotopic (exact) mass is 170 g/mol. The van der Waals surface area contributed by atoms with Crippen LogP contribution in [0.5, 0.6) is 0 Å². The maximum absolute atomic E-state index is 2.27. The summed E-state index contributed by atoms with van der Waals surface area (Å²) in [6.45, 7) is 14.2. The van der Waals surface area contributed by atoms with Gasteiger partial charge in [-0.15, -0.1) is 0 Å². The standard InChI is InChI=1S/C8H20N.K.H/c1-5-9(6-2,7-3)8-4;;/h5-8H2,1-4H3;;/q2*+1;-1. The second-order valence-corrected chi connectivity index (χ2v) is 2.61. The first kappa shape index (κ1) is 14.1. The van der Waals surface area contributed by atoms with Gasteiger partial charge in [-0.05, 0) is 27.7 Å². The zero-order chi connectivity index (χ0) is 7.33. The van der Waals surface area contributed by atoms with Crippen molar-refractivity contribution in [1.82, 2.24) is 0 Å². The van der Waals surface area contributed by atoms with Gasteiger partial charge in [0.1, 0.15) is 0 Å². The largest absolute Gasteiger partial charge is 1.00 e. The molecular weight excluding hydrogens is 149 g/mol. The van der Waals surface area contributed by atoms with Crippen LogP contribution >= 0.6 is 0 Å². The van der Waals surface area contributed by atoms with Crippen molar-refractivity contribution < 1.29 is 57.3 Å². The summed E-state index contributed by atoms with van der Waals surface area (Å²) in [6.07, 6.45) is 0. The Morgan fingerprint density at radius 1 is 0.800 bits per heavy atom. The van der Waals surface area contributed by atoms with Gasteiger partial charge in [0.25, 0.3) is 0 Å². The van der Waals surface area contributed by atoms with E-state index in [-0.39, 0.29) is 52.8 Å². The number of hydrogen-bond acceptors (Lipinski definition) is 0. The molecule has 1 nitrogen and oxygen atoms in total. The van der Waals surface area contributed by atoms with Crippen LogP contribution in [0.25, 0.3) is 0 Å². The quantitative estimate of drug-likeness (QED) is 0.375. The van der Waals surface area contributed by atoms with Gasteiger partial charge < -0.3 is 5.91 Å². The molecule has 0 atom stereocenters. The number of hydrogen-bond donors (Lipinski definition) is 0. The summed E-state index contributed by atoms with van der Waals surface area (Å²) in [7, 11) is 0. The summed E-state index contributed by atoms with van der Waals surface area (Å²) in [5.41, 5.74) is 0. The van der Waals surface area contributed by atoms with Crippen LogP contribution in [0.1, 0.15) is 29.1 Å². The van der Waals surface area contributed by atoms with Gasteiger partial charge in [0.2, 0.25) is 0 Å². The Labute approximate surface area is 110 Å². The van der Waals surface area contributed by atoms with Crippen LogP contribution in [-0.2, 0) is 0 Å². The van der Waals surface area contributed by atoms with E-state index in [1.54, 1.807) is 0 Å². The van der Waals surface area contributed by atoms with Crippen molar-refractivity contribution in [3.05, 3.63) is 0 Å². The minimum atomic E-state index is 0. The second kappa shape index (κ2) is 7.26. The molecule has 0 aromatic rings. The van der Waals surface area contributed by atoms with E-state index in [2.05, 4.69) is 27.7 Å². The molecule has 0 saturated heterocycles. The van der Waals surface area contributed by atoms with Crippen molar-refractivity contribution in [2.75, 3.05) is 26.2 Å². The molecule has 10 heavy (non-hydrogen) atoms. The van der Waals surface area contributed by atoms with E-state index in [9.17, 15) is 0 Å². The van der Waals surface area contributed by atoms with Crippen LogP contribution in [0.2, 0.25) is 0 Å². The zero-order valence-electron chi connectivity index (χ0n) is 9.28. The molecule has 0 fully saturated rings. The molecule has 0 spiro atoms. The van der Waals surface area contributed by atoms with E-state index in [4.69, 9.17) is 0 Å². The van der Waals surface area contributed by atoms with Crippen LogP contribution in [-0.4, -0.2) is 30.7 Å². The van der Waals surface area contributed by atoms with Crippen molar-refractivity contribution in [2.45, 2.75) is 27.7 Å². The van der Waals surface area contributed by atoms with Crippen LogP contribution in [0.3, 0.4) is 0 Å². The van der Waals surface area contributed by atoms with Crippen molar-refractivity contribution in [2.24, 2.45) is 0 Å². The molecule has 0 bridgehead atoms. The van der Waals surface area contributed by atoms with Gasteiger partial charge in [0.05, 0.1) is 26.2 Å². The van der Waals surface area contributed by atoms with E-state index in [1.807, 2.05) is 0 Å². The molecule has 0 amide bonds. The van der Waals surface area contributed by atoms with Crippen LogP contribution in [0.4, 0.5) is 0 Å². The third-order valence-electron chi connectivity index (χ3n) is 2.68. The van der Waals surface area contributed by atoms with Crippen molar-refractivity contribution in [3.63, 3.8) is 0 Å². The molecule has 0 aromatic heterocycles. The average Bonchev–Trinajstić information content (AvgIpc) is 1.95. The summed E-state index contributed by atoms with van der Waals surface area (Å²) < 4.78 is 1.28. The fourth-order valence-corrected chi connectivity index (χ4v) is 1.34. The molecule has 0 aliphatic rings. The Morgan fingerprint density at radius 3 is 1.00 bits per heavy atom. The number of rotatable bonds is 4. The second-order valence-electron chi connectivity index (χ2n) is 2.61. The predicted octanol–water partition coefficient (Wildman–Crippen LogP) is -1.00. The summed E-state index contributed by atoms with van der Waals surface area (Å²) in [6, 6.07) is 0. The fourth-order valence-electron chi connectivity index (χ4n) is 1.34. The predicted molar refractivity (Wildman–Crippen MR) is 43.5 cm³/mol. The molecule has 0 aliphatic carbocycles. The SMILES string of the molecule is CC[N+](CC)(CC)CC.[H-].[K+]. The minimum absolute atomic E-state index is 0. The van der Waals surface area contributed by atoms with Gasteiger partial charge in [0.15, 0.2) is 0 Å². The van der Waals surface area contributed by atoms with Crippen LogP contribution < -0.4 is 51.4 Å². The van der Waals surface area contributed by atoms with Crippen molar-refractivity contribution in [3.8, 4) is 0 Å². The van der Waals surface area contributed by atoms with Gasteiger partial charge >= 0.3 is 51.4 Å². The summed E-state index contributed by atoms with van der Waals surface area (Å²) in [5.74, 6) is 0. The first-order chi connectivity index (χ1) is 4.24. The van der Waals surface area contributed by atoms with Crippen molar-refractivity contribution >= 4 is 0 Å². The van der Waals surface area contributed by atoms with Gasteiger partial charge in [-0.3, -0.25) is 0 Å². The minimum Gasteiger partial charge on any atom is -1.00 e. The molecule has 0 rings (SSSR count). The first-order valence-corrected chi connectivity index (χ1v) is 4.09. The molecule has 2 heteroatoms. The van der Waals surface area contributed by atoms with Crippen molar-refractivity contribution in [1.29, 1.82) is 0 Å². The Morgan fingerprint density at radius 2 is 1.00 bits per heavy atom. The molecule has 0 unspecified atom stereocenters. The first-order valence-electron chi connectivity index (χ1n) is 4.09. The summed E-state index contributed by atoms with van der Waals surface area (Å²) in [4.78, 5) is 0. The third kappa shape index (κ3) is 3.84. The van der Waals surface area contributed by atoms with E-state index < -0.39 is 0 Å². The molecule has 0 aromatic carbocycles. The maximum atomic E-state index is 2.27. The zero-order valence-corrected chi connectivity index (χ0v) is 11.4. The molecule has 0 radical (unpaired) electrons. The molecule has 0 heterocycles. The molecule has 0 saturated carbocycles. The van der Waals surface area contributed by atoms with Crippen LogP contribution in [0, 0.1) is 0 Å². The average molecular weight is 170 g/mol. The topological polar surface area (TPSA) is 0 Å². The van der Waals surface area contributed by atoms with E-state index in [1.165, 1.54) is 30.7 Å². The van der Waals surface area contributed by atoms with Gasteiger partial charge in [-0.1, -0.05) is 0 Å². The number of quaternary nitrogens is 1. The summed E-state index contributed by atoms with van der Waals surface area (Å²) >= 11 is 0. The van der Waals surface area contributed by atoms with Gasteiger partial charge in [-0.25, -0.2) is 0 Å². The summed E-state index contributed by atoms with van der Waals surface area (Å²) in [5, 5.41) is 0. The van der Waals surface area contributed by atoms with E-state index in [0.717, 1.165) is 0 Å². The normalized spacial score (nSPS) is 10.8. The maximum Gasteiger partial charge on any atom is 1.00 e. The van der Waals surface area contributed by atoms with Crippen LogP contribution in [0.15, 0.2) is 0 Å². The van der Waals surface area contributed by atoms with Gasteiger partial charge in [-0.2, -0.15) is 0 Å². The van der Waals surface area contributed by atoms with Gasteiger partial charge in [0, 0.05) is 0 Å². The molecule has 58 valence electrons. The Hall–Kier alpha value is 1.60. The Kier molecular flexibility index (Phi) is 10.3. The Balaban J connectivity index is -0.000000320. The van der Waals surface area contributed by atoms with E-state index >= 15 is 0 Å². The number of nitrogens with zero attached hydrogens (tertiary/aromatic N) is 1. The smallest absolute Gasteiger partial charge is 1.00 e. The third-order valence-corrected chi connectivity index (χ3v) is 2.68.